The summed E-state index contributed by atoms with van der Waals surface area (Å²) in [6.07, 6.45) is 1.11. The number of rotatable bonds is 5. The molecule has 0 saturated carbocycles. The maximum Gasteiger partial charge on any atom is 0.121 e. The molecule has 1 atom stereocenters. The second-order valence-electron chi connectivity index (χ2n) is 5.61. The monoisotopic (exact) mass is 235 g/mol. The first-order chi connectivity index (χ1) is 7.90. The van der Waals surface area contributed by atoms with E-state index in [9.17, 15) is 0 Å². The predicted molar refractivity (Wildman–Crippen MR) is 73.6 cm³/mol. The zero-order valence-electron chi connectivity index (χ0n) is 11.7. The Morgan fingerprint density at radius 2 is 2.00 bits per heavy atom. The first-order valence-electron chi connectivity index (χ1n) is 6.26. The van der Waals surface area contributed by atoms with Crippen molar-refractivity contribution in [3.8, 4) is 5.75 Å². The molecule has 1 aromatic rings. The highest BCUT2D eigenvalue weighted by Gasteiger charge is 2.23. The van der Waals surface area contributed by atoms with Gasteiger partial charge in [-0.1, -0.05) is 32.9 Å². The van der Waals surface area contributed by atoms with E-state index in [-0.39, 0.29) is 5.41 Å². The van der Waals surface area contributed by atoms with Gasteiger partial charge in [-0.25, -0.2) is 0 Å². The third-order valence-electron chi connectivity index (χ3n) is 3.44. The van der Waals surface area contributed by atoms with Crippen LogP contribution in [0.25, 0.3) is 0 Å². The fourth-order valence-electron chi connectivity index (χ4n) is 2.37. The van der Waals surface area contributed by atoms with Gasteiger partial charge in [0.05, 0.1) is 7.11 Å². The van der Waals surface area contributed by atoms with Crippen LogP contribution in [0.5, 0.6) is 5.75 Å². The molecule has 1 aromatic carbocycles. The van der Waals surface area contributed by atoms with E-state index in [1.54, 1.807) is 7.11 Å². The standard InChI is InChI=1S/C15H25NO/c1-11(10-16)9-15(3,4)13-6-7-14(17-5)12(2)8-13/h6-8,11H,9-10,16H2,1-5H3. The Bertz CT molecular complexity index is 371. The number of nitrogens with two attached hydrogens (primary N) is 1. The van der Waals surface area contributed by atoms with Gasteiger partial charge in [0, 0.05) is 0 Å². The van der Waals surface area contributed by atoms with Crippen molar-refractivity contribution in [3.63, 3.8) is 0 Å². The van der Waals surface area contributed by atoms with Gasteiger partial charge < -0.3 is 10.5 Å². The smallest absolute Gasteiger partial charge is 0.121 e. The molecular weight excluding hydrogens is 210 g/mol. The maximum atomic E-state index is 5.71. The Hall–Kier alpha value is -1.02. The summed E-state index contributed by atoms with van der Waals surface area (Å²) in [5, 5.41) is 0. The van der Waals surface area contributed by atoms with Gasteiger partial charge in [0.2, 0.25) is 0 Å². The minimum Gasteiger partial charge on any atom is -0.496 e. The first kappa shape index (κ1) is 14.0. The molecule has 0 aliphatic carbocycles. The van der Waals surface area contributed by atoms with Crippen LogP contribution in [0.3, 0.4) is 0 Å². The topological polar surface area (TPSA) is 35.2 Å². The molecule has 17 heavy (non-hydrogen) atoms. The van der Waals surface area contributed by atoms with Crippen LogP contribution in [-0.2, 0) is 5.41 Å². The van der Waals surface area contributed by atoms with E-state index in [4.69, 9.17) is 10.5 Å². The van der Waals surface area contributed by atoms with Crippen LogP contribution in [0.15, 0.2) is 18.2 Å². The van der Waals surface area contributed by atoms with Crippen molar-refractivity contribution < 1.29 is 4.74 Å². The van der Waals surface area contributed by atoms with Crippen molar-refractivity contribution in [1.82, 2.24) is 0 Å². The quantitative estimate of drug-likeness (QED) is 0.850. The lowest BCUT2D eigenvalue weighted by Crippen LogP contribution is -2.24. The Morgan fingerprint density at radius 1 is 1.35 bits per heavy atom. The van der Waals surface area contributed by atoms with E-state index in [1.165, 1.54) is 11.1 Å². The average Bonchev–Trinajstić information content (AvgIpc) is 2.28. The van der Waals surface area contributed by atoms with E-state index in [2.05, 4.69) is 45.9 Å². The van der Waals surface area contributed by atoms with E-state index in [1.807, 2.05) is 0 Å². The highest BCUT2D eigenvalue weighted by atomic mass is 16.5. The van der Waals surface area contributed by atoms with Crippen LogP contribution >= 0.6 is 0 Å². The Morgan fingerprint density at radius 3 is 2.47 bits per heavy atom. The molecule has 96 valence electrons. The second kappa shape index (κ2) is 5.54. The lowest BCUT2D eigenvalue weighted by Gasteiger charge is -2.29. The van der Waals surface area contributed by atoms with Gasteiger partial charge in [0.15, 0.2) is 0 Å². The normalized spacial score (nSPS) is 13.5. The molecule has 2 N–H and O–H groups in total. The average molecular weight is 235 g/mol. The molecule has 2 nitrogen and oxygen atoms in total. The van der Waals surface area contributed by atoms with Crippen molar-refractivity contribution >= 4 is 0 Å². The summed E-state index contributed by atoms with van der Waals surface area (Å²) in [7, 11) is 1.71. The molecule has 0 aliphatic rings. The Labute approximate surface area is 105 Å². The molecule has 0 bridgehead atoms. The second-order valence-corrected chi connectivity index (χ2v) is 5.61. The van der Waals surface area contributed by atoms with E-state index < -0.39 is 0 Å². The van der Waals surface area contributed by atoms with Crippen molar-refractivity contribution in [2.24, 2.45) is 11.7 Å². The maximum absolute atomic E-state index is 5.71. The summed E-state index contributed by atoms with van der Waals surface area (Å²) in [6.45, 7) is 9.60. The SMILES string of the molecule is COc1ccc(C(C)(C)CC(C)CN)cc1C. The Kier molecular flexibility index (Phi) is 4.58. The molecule has 0 amide bonds. The Balaban J connectivity index is 2.94. The molecule has 2 heteroatoms. The van der Waals surface area contributed by atoms with Gasteiger partial charge in [-0.05, 0) is 48.4 Å². The van der Waals surface area contributed by atoms with Crippen LogP contribution in [0, 0.1) is 12.8 Å². The number of ether oxygens (including phenoxy) is 1. The largest absolute Gasteiger partial charge is 0.496 e. The third kappa shape index (κ3) is 3.47. The molecular formula is C15H25NO. The minimum absolute atomic E-state index is 0.163. The van der Waals surface area contributed by atoms with Gasteiger partial charge in [-0.2, -0.15) is 0 Å². The number of benzene rings is 1. The molecule has 0 fully saturated rings. The van der Waals surface area contributed by atoms with Crippen LogP contribution in [0.1, 0.15) is 38.3 Å². The van der Waals surface area contributed by atoms with Crippen LogP contribution in [0.2, 0.25) is 0 Å². The van der Waals surface area contributed by atoms with E-state index >= 15 is 0 Å². The van der Waals surface area contributed by atoms with Crippen LogP contribution in [0.4, 0.5) is 0 Å². The molecule has 1 unspecified atom stereocenters. The number of methoxy groups -OCH3 is 1. The summed E-state index contributed by atoms with van der Waals surface area (Å²) in [6, 6.07) is 6.44. The summed E-state index contributed by atoms with van der Waals surface area (Å²) >= 11 is 0. The van der Waals surface area contributed by atoms with Gasteiger partial charge in [-0.3, -0.25) is 0 Å². The van der Waals surface area contributed by atoms with Crippen molar-refractivity contribution in [3.05, 3.63) is 29.3 Å². The zero-order valence-corrected chi connectivity index (χ0v) is 11.7. The highest BCUT2D eigenvalue weighted by Crippen LogP contribution is 2.32. The first-order valence-corrected chi connectivity index (χ1v) is 6.26. The van der Waals surface area contributed by atoms with E-state index in [0.717, 1.165) is 18.7 Å². The van der Waals surface area contributed by atoms with E-state index in [0.29, 0.717) is 5.92 Å². The fraction of sp³-hybridized carbons (Fsp3) is 0.600. The molecule has 0 heterocycles. The summed E-state index contributed by atoms with van der Waals surface area (Å²) in [5.74, 6) is 1.50. The summed E-state index contributed by atoms with van der Waals surface area (Å²) in [5.41, 5.74) is 8.43. The van der Waals surface area contributed by atoms with Crippen LogP contribution < -0.4 is 10.5 Å². The molecule has 0 aromatic heterocycles. The van der Waals surface area contributed by atoms with Crippen molar-refractivity contribution in [2.75, 3.05) is 13.7 Å². The van der Waals surface area contributed by atoms with Gasteiger partial charge in [-0.15, -0.1) is 0 Å². The van der Waals surface area contributed by atoms with Crippen molar-refractivity contribution in [1.29, 1.82) is 0 Å². The molecule has 0 radical (unpaired) electrons. The molecule has 0 saturated heterocycles. The van der Waals surface area contributed by atoms with Gasteiger partial charge in [0.1, 0.15) is 5.75 Å². The lowest BCUT2D eigenvalue weighted by molar-refractivity contribution is 0.383. The lowest BCUT2D eigenvalue weighted by atomic mass is 9.77. The summed E-state index contributed by atoms with van der Waals surface area (Å²) < 4.78 is 5.29. The van der Waals surface area contributed by atoms with Crippen LogP contribution in [-0.4, -0.2) is 13.7 Å². The fourth-order valence-corrected chi connectivity index (χ4v) is 2.37. The predicted octanol–water partition coefficient (Wildman–Crippen LogP) is 3.27. The van der Waals surface area contributed by atoms with Crippen molar-refractivity contribution in [2.45, 2.75) is 39.5 Å². The number of aryl methyl sites for hydroxylation is 1. The third-order valence-corrected chi connectivity index (χ3v) is 3.44. The zero-order chi connectivity index (χ0) is 13.1. The molecule has 0 spiro atoms. The number of hydrogen-bond donors (Lipinski definition) is 1. The summed E-state index contributed by atoms with van der Waals surface area (Å²) in [4.78, 5) is 0. The van der Waals surface area contributed by atoms with Gasteiger partial charge >= 0.3 is 0 Å². The molecule has 1 rings (SSSR count). The highest BCUT2D eigenvalue weighted by molar-refractivity contribution is 5.38. The van der Waals surface area contributed by atoms with Gasteiger partial charge in [0.25, 0.3) is 0 Å². The number of hydrogen-bond acceptors (Lipinski definition) is 2. The molecule has 0 aliphatic heterocycles. The minimum atomic E-state index is 0.163.